The normalized spacial score (nSPS) is 16.0. The lowest BCUT2D eigenvalue weighted by molar-refractivity contribution is -0.122. The van der Waals surface area contributed by atoms with Crippen LogP contribution in [-0.4, -0.2) is 59.7 Å². The molecule has 0 radical (unpaired) electrons. The van der Waals surface area contributed by atoms with Crippen LogP contribution in [0, 0.1) is 6.92 Å². The van der Waals surface area contributed by atoms with Crippen LogP contribution in [0.25, 0.3) is 0 Å². The van der Waals surface area contributed by atoms with Gasteiger partial charge in [0.25, 0.3) is 0 Å². The van der Waals surface area contributed by atoms with E-state index < -0.39 is 6.04 Å². The molecule has 3 rings (SSSR count). The van der Waals surface area contributed by atoms with Crippen LogP contribution in [0.1, 0.15) is 24.3 Å². The van der Waals surface area contributed by atoms with E-state index in [1.165, 1.54) is 0 Å². The summed E-state index contributed by atoms with van der Waals surface area (Å²) in [7, 11) is 0. The fourth-order valence-electron chi connectivity index (χ4n) is 3.16. The van der Waals surface area contributed by atoms with E-state index in [4.69, 9.17) is 9.26 Å². The highest BCUT2D eigenvalue weighted by Gasteiger charge is 2.32. The predicted molar refractivity (Wildman–Crippen MR) is 99.2 cm³/mol. The first-order valence-electron chi connectivity index (χ1n) is 9.03. The Bertz CT molecular complexity index is 769. The lowest BCUT2D eigenvalue weighted by atomic mass is 10.0. The molecule has 2 aromatic rings. The first kappa shape index (κ1) is 18.9. The zero-order valence-electron chi connectivity index (χ0n) is 15.6. The van der Waals surface area contributed by atoms with E-state index in [0.29, 0.717) is 44.4 Å². The number of carbonyl (C=O) groups is 2. The van der Waals surface area contributed by atoms with Gasteiger partial charge in [0.15, 0.2) is 5.82 Å². The minimum absolute atomic E-state index is 0.181. The Hall–Kier alpha value is -2.87. The summed E-state index contributed by atoms with van der Waals surface area (Å²) in [6, 6.07) is 10.8. The molecular formula is C19H24N4O4. The molecule has 1 aliphatic heterocycles. The third-order valence-electron chi connectivity index (χ3n) is 4.45. The van der Waals surface area contributed by atoms with E-state index in [2.05, 4.69) is 15.4 Å². The van der Waals surface area contributed by atoms with Gasteiger partial charge < -0.3 is 19.5 Å². The Labute approximate surface area is 158 Å². The molecule has 1 atom stereocenters. The zero-order chi connectivity index (χ0) is 19.2. The van der Waals surface area contributed by atoms with E-state index in [1.807, 2.05) is 30.3 Å². The number of aryl methyl sites for hydroxylation is 1. The molecule has 2 heterocycles. The number of anilines is 1. The molecule has 0 aliphatic carbocycles. The van der Waals surface area contributed by atoms with E-state index in [0.717, 1.165) is 5.56 Å². The van der Waals surface area contributed by atoms with Gasteiger partial charge in [-0.2, -0.15) is 0 Å². The van der Waals surface area contributed by atoms with Crippen molar-refractivity contribution in [3.63, 3.8) is 0 Å². The van der Waals surface area contributed by atoms with Crippen LogP contribution in [0.4, 0.5) is 10.6 Å². The number of hydrogen-bond donors (Lipinski definition) is 1. The molecule has 144 valence electrons. The second-order valence-electron chi connectivity index (χ2n) is 6.35. The Kier molecular flexibility index (Phi) is 6.08. The molecule has 1 aromatic heterocycles. The summed E-state index contributed by atoms with van der Waals surface area (Å²) < 4.78 is 10.1. The number of ether oxygens (including phenoxy) is 1. The molecular weight excluding hydrogens is 348 g/mol. The minimum Gasteiger partial charge on any atom is -0.450 e. The number of piperazine rings is 1. The predicted octanol–water partition coefficient (Wildman–Crippen LogP) is 2.44. The van der Waals surface area contributed by atoms with Crippen molar-refractivity contribution in [2.45, 2.75) is 19.9 Å². The van der Waals surface area contributed by atoms with Crippen LogP contribution in [0.3, 0.4) is 0 Å². The number of nitrogens with one attached hydrogen (secondary N) is 1. The summed E-state index contributed by atoms with van der Waals surface area (Å²) in [5.41, 5.74) is 0.889. The van der Waals surface area contributed by atoms with Crippen molar-refractivity contribution in [2.75, 3.05) is 38.1 Å². The largest absolute Gasteiger partial charge is 0.450 e. The summed E-state index contributed by atoms with van der Waals surface area (Å²) in [5, 5.41) is 6.66. The van der Waals surface area contributed by atoms with Gasteiger partial charge in [-0.15, -0.1) is 0 Å². The second-order valence-corrected chi connectivity index (χ2v) is 6.35. The first-order chi connectivity index (χ1) is 13.1. The average Bonchev–Trinajstić information content (AvgIpc) is 3.08. The number of nitrogens with zero attached hydrogens (tertiary/aromatic N) is 3. The van der Waals surface area contributed by atoms with E-state index in [9.17, 15) is 9.59 Å². The Balaban J connectivity index is 1.73. The van der Waals surface area contributed by atoms with E-state index >= 15 is 0 Å². The minimum atomic E-state index is -0.479. The molecule has 1 fully saturated rings. The summed E-state index contributed by atoms with van der Waals surface area (Å²) in [6.45, 7) is 6.08. The van der Waals surface area contributed by atoms with Gasteiger partial charge in [-0.3, -0.25) is 9.69 Å². The van der Waals surface area contributed by atoms with Crippen molar-refractivity contribution in [1.82, 2.24) is 15.0 Å². The fourth-order valence-corrected chi connectivity index (χ4v) is 3.16. The fraction of sp³-hybridized carbons (Fsp3) is 0.421. The monoisotopic (exact) mass is 372 g/mol. The van der Waals surface area contributed by atoms with Crippen LogP contribution in [-0.2, 0) is 9.53 Å². The van der Waals surface area contributed by atoms with Crippen LogP contribution >= 0.6 is 0 Å². The Morgan fingerprint density at radius 2 is 1.93 bits per heavy atom. The molecule has 1 saturated heterocycles. The van der Waals surface area contributed by atoms with Gasteiger partial charge in [0.05, 0.1) is 6.61 Å². The number of rotatable bonds is 5. The topological polar surface area (TPSA) is 87.9 Å². The number of benzene rings is 1. The summed E-state index contributed by atoms with van der Waals surface area (Å²) in [6.07, 6.45) is -0.309. The van der Waals surface area contributed by atoms with Gasteiger partial charge in [0, 0.05) is 32.2 Å². The summed E-state index contributed by atoms with van der Waals surface area (Å²) in [5.74, 6) is 0.840. The van der Waals surface area contributed by atoms with Crippen LogP contribution in [0.5, 0.6) is 0 Å². The van der Waals surface area contributed by atoms with Gasteiger partial charge in [0.1, 0.15) is 11.8 Å². The zero-order valence-corrected chi connectivity index (χ0v) is 15.6. The van der Waals surface area contributed by atoms with Crippen molar-refractivity contribution in [1.29, 1.82) is 0 Å². The van der Waals surface area contributed by atoms with Gasteiger partial charge in [0.2, 0.25) is 5.91 Å². The number of aromatic nitrogens is 1. The molecule has 1 aliphatic rings. The summed E-state index contributed by atoms with van der Waals surface area (Å²) >= 11 is 0. The highest BCUT2D eigenvalue weighted by atomic mass is 16.6. The first-order valence-corrected chi connectivity index (χ1v) is 9.03. The maximum absolute atomic E-state index is 13.0. The maximum Gasteiger partial charge on any atom is 0.409 e. The van der Waals surface area contributed by atoms with E-state index in [-0.39, 0.29) is 12.0 Å². The molecule has 1 unspecified atom stereocenters. The lowest BCUT2D eigenvalue weighted by Crippen LogP contribution is -2.51. The number of hydrogen-bond acceptors (Lipinski definition) is 6. The standard InChI is InChI=1S/C19H24N4O4/c1-3-26-19(25)23-11-9-22(10-12-23)17(15-7-5-4-6-8-15)18(24)20-16-13-14(2)27-21-16/h4-8,13,17H,3,9-12H2,1-2H3,(H,20,21,24). The molecule has 2 amide bonds. The molecule has 8 nitrogen and oxygen atoms in total. The number of amides is 2. The average molecular weight is 372 g/mol. The van der Waals surface area contributed by atoms with Crippen molar-refractivity contribution in [2.24, 2.45) is 0 Å². The quantitative estimate of drug-likeness (QED) is 0.867. The molecule has 0 spiro atoms. The molecule has 1 aromatic carbocycles. The third kappa shape index (κ3) is 4.65. The van der Waals surface area contributed by atoms with Crippen molar-refractivity contribution in [3.05, 3.63) is 47.7 Å². The Morgan fingerprint density at radius 3 is 2.52 bits per heavy atom. The molecule has 0 saturated carbocycles. The number of carbonyl (C=O) groups excluding carboxylic acids is 2. The van der Waals surface area contributed by atoms with Crippen LogP contribution < -0.4 is 5.32 Å². The molecule has 27 heavy (non-hydrogen) atoms. The second kappa shape index (κ2) is 8.68. The van der Waals surface area contributed by atoms with Crippen LogP contribution in [0.15, 0.2) is 40.9 Å². The van der Waals surface area contributed by atoms with Gasteiger partial charge >= 0.3 is 6.09 Å². The molecule has 8 heteroatoms. The molecule has 0 bridgehead atoms. The highest BCUT2D eigenvalue weighted by molar-refractivity contribution is 5.94. The van der Waals surface area contributed by atoms with Crippen molar-refractivity contribution < 1.29 is 18.8 Å². The van der Waals surface area contributed by atoms with Gasteiger partial charge in [-0.1, -0.05) is 35.5 Å². The van der Waals surface area contributed by atoms with Gasteiger partial charge in [-0.25, -0.2) is 4.79 Å². The maximum atomic E-state index is 13.0. The Morgan fingerprint density at radius 1 is 1.22 bits per heavy atom. The highest BCUT2D eigenvalue weighted by Crippen LogP contribution is 2.24. The molecule has 1 N–H and O–H groups in total. The lowest BCUT2D eigenvalue weighted by Gasteiger charge is -2.38. The van der Waals surface area contributed by atoms with Gasteiger partial charge in [-0.05, 0) is 19.4 Å². The smallest absolute Gasteiger partial charge is 0.409 e. The van der Waals surface area contributed by atoms with E-state index in [1.54, 1.807) is 24.8 Å². The SMILES string of the molecule is CCOC(=O)N1CCN(C(C(=O)Nc2cc(C)on2)c2ccccc2)CC1. The van der Waals surface area contributed by atoms with Crippen LogP contribution in [0.2, 0.25) is 0 Å². The van der Waals surface area contributed by atoms with Crippen molar-refractivity contribution in [3.8, 4) is 0 Å². The van der Waals surface area contributed by atoms with Crippen molar-refractivity contribution >= 4 is 17.8 Å². The summed E-state index contributed by atoms with van der Waals surface area (Å²) in [4.78, 5) is 28.6. The third-order valence-corrected chi connectivity index (χ3v) is 4.45.